The number of carbonyl (C=O) groups is 2. The molecule has 1 amide bonds. The van der Waals surface area contributed by atoms with E-state index >= 15 is 0 Å². The van der Waals surface area contributed by atoms with Crippen LogP contribution in [-0.2, 0) is 11.4 Å². The summed E-state index contributed by atoms with van der Waals surface area (Å²) < 4.78 is 5.80. The van der Waals surface area contributed by atoms with Gasteiger partial charge in [0.15, 0.2) is 0 Å². The summed E-state index contributed by atoms with van der Waals surface area (Å²) in [5.74, 6) is -0.789. The summed E-state index contributed by atoms with van der Waals surface area (Å²) in [4.78, 5) is 24.3. The average molecular weight is 447 g/mol. The van der Waals surface area contributed by atoms with Gasteiger partial charge in [0.2, 0.25) is 0 Å². The number of hydrogen-bond donors (Lipinski definition) is 1. The zero-order valence-electron chi connectivity index (χ0n) is 17.2. The molecule has 1 aliphatic heterocycles. The normalized spacial score (nSPS) is 14.6. The number of carboxylic acid groups (broad SMARTS) is 1. The molecule has 6 nitrogen and oxygen atoms in total. The molecule has 0 fully saturated rings. The van der Waals surface area contributed by atoms with Crippen molar-refractivity contribution in [3.63, 3.8) is 0 Å². The van der Waals surface area contributed by atoms with Crippen molar-refractivity contribution in [3.8, 4) is 5.75 Å². The van der Waals surface area contributed by atoms with Gasteiger partial charge in [-0.25, -0.2) is 4.79 Å². The van der Waals surface area contributed by atoms with E-state index in [0.717, 1.165) is 16.9 Å². The lowest BCUT2D eigenvalue weighted by atomic mass is 10.1. The van der Waals surface area contributed by atoms with Gasteiger partial charge in [-0.3, -0.25) is 4.79 Å². The molecule has 0 radical (unpaired) electrons. The topological polar surface area (TPSA) is 79.2 Å². The third kappa shape index (κ3) is 4.55. The molecule has 0 aliphatic carbocycles. The number of aromatic carboxylic acids is 1. The third-order valence-electron chi connectivity index (χ3n) is 4.93. The molecule has 0 saturated carbocycles. The van der Waals surface area contributed by atoms with E-state index in [2.05, 4.69) is 5.10 Å². The van der Waals surface area contributed by atoms with Gasteiger partial charge in [-0.1, -0.05) is 54.1 Å². The summed E-state index contributed by atoms with van der Waals surface area (Å²) in [6, 6.07) is 21.6. The number of nitrogens with zero attached hydrogens (tertiary/aromatic N) is 2. The van der Waals surface area contributed by atoms with Crippen molar-refractivity contribution in [2.75, 3.05) is 5.01 Å². The molecule has 3 aromatic rings. The van der Waals surface area contributed by atoms with Crippen LogP contribution in [0.25, 0.3) is 6.08 Å². The first-order valence-electron chi connectivity index (χ1n) is 9.84. The second-order valence-electron chi connectivity index (χ2n) is 7.17. The number of benzene rings is 3. The molecule has 1 N–H and O–H groups in total. The van der Waals surface area contributed by atoms with Gasteiger partial charge in [0.25, 0.3) is 5.91 Å². The van der Waals surface area contributed by atoms with E-state index in [9.17, 15) is 14.7 Å². The second kappa shape index (κ2) is 9.08. The number of hydrogen-bond acceptors (Lipinski definition) is 4. The van der Waals surface area contributed by atoms with E-state index in [1.54, 1.807) is 19.1 Å². The fourth-order valence-electron chi connectivity index (χ4n) is 3.24. The van der Waals surface area contributed by atoms with E-state index in [4.69, 9.17) is 16.3 Å². The Balaban J connectivity index is 1.50. The average Bonchev–Trinajstić information content (AvgIpc) is 3.08. The Morgan fingerprint density at radius 1 is 1.09 bits per heavy atom. The molecule has 160 valence electrons. The number of carboxylic acids is 1. The Hall–Kier alpha value is -3.90. The van der Waals surface area contributed by atoms with Crippen molar-refractivity contribution in [1.82, 2.24) is 0 Å². The summed E-state index contributed by atoms with van der Waals surface area (Å²) in [5.41, 5.74) is 3.10. The number of ether oxygens (including phenoxy) is 1. The van der Waals surface area contributed by atoms with Gasteiger partial charge in [0.1, 0.15) is 12.4 Å². The van der Waals surface area contributed by atoms with Crippen LogP contribution in [0.3, 0.4) is 0 Å². The zero-order chi connectivity index (χ0) is 22.7. The molecular formula is C25H19ClN2O4. The van der Waals surface area contributed by atoms with Gasteiger partial charge in [-0.05, 0) is 54.5 Å². The van der Waals surface area contributed by atoms with Crippen LogP contribution in [0, 0.1) is 0 Å². The molecule has 1 aliphatic rings. The second-order valence-corrected chi connectivity index (χ2v) is 7.58. The predicted molar refractivity (Wildman–Crippen MR) is 124 cm³/mol. The Kier molecular flexibility index (Phi) is 6.05. The maximum absolute atomic E-state index is 13.0. The fourth-order valence-corrected chi connectivity index (χ4v) is 3.43. The van der Waals surface area contributed by atoms with Crippen LogP contribution in [-0.4, -0.2) is 22.7 Å². The monoisotopic (exact) mass is 446 g/mol. The maximum Gasteiger partial charge on any atom is 0.337 e. The van der Waals surface area contributed by atoms with E-state index < -0.39 is 5.97 Å². The van der Waals surface area contributed by atoms with Crippen LogP contribution in [0.2, 0.25) is 5.02 Å². The third-order valence-corrected chi connectivity index (χ3v) is 5.26. The minimum Gasteiger partial charge on any atom is -0.489 e. The van der Waals surface area contributed by atoms with E-state index in [-0.39, 0.29) is 16.5 Å². The highest BCUT2D eigenvalue weighted by Crippen LogP contribution is 2.29. The summed E-state index contributed by atoms with van der Waals surface area (Å²) in [6.07, 6.45) is 1.75. The van der Waals surface area contributed by atoms with Gasteiger partial charge in [0, 0.05) is 0 Å². The number of carbonyl (C=O) groups excluding carboxylic acids is 1. The molecule has 7 heteroatoms. The van der Waals surface area contributed by atoms with Crippen LogP contribution in [0.15, 0.2) is 83.5 Å². The van der Waals surface area contributed by atoms with Crippen LogP contribution in [0.4, 0.5) is 5.69 Å². The zero-order valence-corrected chi connectivity index (χ0v) is 17.9. The Morgan fingerprint density at radius 3 is 2.50 bits per heavy atom. The van der Waals surface area contributed by atoms with Gasteiger partial charge in [-0.2, -0.15) is 10.1 Å². The number of hydrazone groups is 1. The largest absolute Gasteiger partial charge is 0.489 e. The summed E-state index contributed by atoms with van der Waals surface area (Å²) in [5, 5.41) is 14.9. The van der Waals surface area contributed by atoms with Crippen molar-refractivity contribution in [3.05, 3.63) is 100 Å². The molecule has 32 heavy (non-hydrogen) atoms. The molecular weight excluding hydrogens is 428 g/mol. The highest BCUT2D eigenvalue weighted by Gasteiger charge is 2.29. The number of anilines is 1. The van der Waals surface area contributed by atoms with E-state index in [0.29, 0.717) is 23.6 Å². The first kappa shape index (κ1) is 21.3. The minimum atomic E-state index is -1.17. The van der Waals surface area contributed by atoms with Crippen molar-refractivity contribution >= 4 is 41.0 Å². The number of rotatable bonds is 6. The summed E-state index contributed by atoms with van der Waals surface area (Å²) >= 11 is 5.93. The Morgan fingerprint density at radius 2 is 1.81 bits per heavy atom. The highest BCUT2D eigenvalue weighted by molar-refractivity contribution is 6.34. The van der Waals surface area contributed by atoms with Crippen molar-refractivity contribution in [1.29, 1.82) is 0 Å². The smallest absolute Gasteiger partial charge is 0.337 e. The Bertz CT molecular complexity index is 1230. The molecule has 0 spiro atoms. The van der Waals surface area contributed by atoms with Crippen molar-refractivity contribution in [2.24, 2.45) is 5.10 Å². The van der Waals surface area contributed by atoms with Crippen LogP contribution in [0.1, 0.15) is 28.4 Å². The molecule has 0 saturated heterocycles. The van der Waals surface area contributed by atoms with Crippen molar-refractivity contribution < 1.29 is 19.4 Å². The first-order chi connectivity index (χ1) is 15.4. The van der Waals surface area contributed by atoms with Crippen LogP contribution >= 0.6 is 11.6 Å². The lowest BCUT2D eigenvalue weighted by Gasteiger charge is -2.13. The minimum absolute atomic E-state index is 0.0895. The summed E-state index contributed by atoms with van der Waals surface area (Å²) in [7, 11) is 0. The van der Waals surface area contributed by atoms with Crippen molar-refractivity contribution in [2.45, 2.75) is 13.5 Å². The van der Waals surface area contributed by atoms with Crippen LogP contribution < -0.4 is 9.75 Å². The van der Waals surface area contributed by atoms with Gasteiger partial charge < -0.3 is 9.84 Å². The first-order valence-corrected chi connectivity index (χ1v) is 10.2. The molecule has 0 aromatic heterocycles. The molecule has 3 aromatic carbocycles. The molecule has 4 rings (SSSR count). The standard InChI is InChI=1S/C25H19ClN2O4/c1-16-21(24(29)28(27-16)19-9-12-23(26)22(14-19)25(30)31)13-17-7-10-20(11-8-17)32-15-18-5-3-2-4-6-18/h2-14H,15H2,1H3,(H,30,31). The van der Waals surface area contributed by atoms with E-state index in [1.165, 1.54) is 17.1 Å². The van der Waals surface area contributed by atoms with Gasteiger partial charge in [-0.15, -0.1) is 0 Å². The number of halogens is 1. The van der Waals surface area contributed by atoms with E-state index in [1.807, 2.05) is 54.6 Å². The van der Waals surface area contributed by atoms with Crippen LogP contribution in [0.5, 0.6) is 5.75 Å². The quantitative estimate of drug-likeness (QED) is 0.512. The maximum atomic E-state index is 13.0. The predicted octanol–water partition coefficient (Wildman–Crippen LogP) is 5.42. The molecule has 1 heterocycles. The highest BCUT2D eigenvalue weighted by atomic mass is 35.5. The lowest BCUT2D eigenvalue weighted by molar-refractivity contribution is -0.114. The molecule has 0 bridgehead atoms. The SMILES string of the molecule is CC1=NN(c2ccc(Cl)c(C(=O)O)c2)C(=O)C1=Cc1ccc(OCc2ccccc2)cc1. The van der Waals surface area contributed by atoms with Gasteiger partial charge >= 0.3 is 5.97 Å². The molecule has 0 unspecified atom stereocenters. The molecule has 0 atom stereocenters. The van der Waals surface area contributed by atoms with Gasteiger partial charge in [0.05, 0.1) is 27.6 Å². The lowest BCUT2D eigenvalue weighted by Crippen LogP contribution is -2.21. The fraction of sp³-hybridized carbons (Fsp3) is 0.0800. The number of amides is 1. The summed E-state index contributed by atoms with van der Waals surface area (Å²) in [6.45, 7) is 2.20. The Labute approximate surface area is 190 Å².